The van der Waals surface area contributed by atoms with Crippen LogP contribution in [-0.4, -0.2) is 36.5 Å². The van der Waals surface area contributed by atoms with E-state index >= 15 is 0 Å². The van der Waals surface area contributed by atoms with E-state index in [1.165, 1.54) is 35.1 Å². The van der Waals surface area contributed by atoms with Gasteiger partial charge in [-0.05, 0) is 49.8 Å². The van der Waals surface area contributed by atoms with Crippen LogP contribution in [0.5, 0.6) is 0 Å². The summed E-state index contributed by atoms with van der Waals surface area (Å²) in [7, 11) is 1.57. The van der Waals surface area contributed by atoms with Crippen molar-refractivity contribution in [3.8, 4) is 11.1 Å². The lowest BCUT2D eigenvalue weighted by Crippen LogP contribution is -2.23. The van der Waals surface area contributed by atoms with Gasteiger partial charge in [-0.25, -0.2) is 9.37 Å². The molecule has 0 aliphatic heterocycles. The van der Waals surface area contributed by atoms with Crippen molar-refractivity contribution in [2.45, 2.75) is 45.3 Å². The Balaban J connectivity index is 1.59. The van der Waals surface area contributed by atoms with Crippen molar-refractivity contribution in [1.29, 1.82) is 0 Å². The molecule has 3 heterocycles. The predicted octanol–water partition coefficient (Wildman–Crippen LogP) is 3.68. The van der Waals surface area contributed by atoms with Gasteiger partial charge in [0.15, 0.2) is 16.8 Å². The highest BCUT2D eigenvalue weighted by Crippen LogP contribution is 2.29. The molecule has 0 saturated carbocycles. The average molecular weight is 434 g/mol. The molecule has 0 spiro atoms. The van der Waals surface area contributed by atoms with Gasteiger partial charge in [0.05, 0.1) is 17.9 Å². The highest BCUT2D eigenvalue weighted by atomic mass is 19.1. The molecule has 9 heteroatoms. The number of aryl methyl sites for hydroxylation is 1. The van der Waals surface area contributed by atoms with Gasteiger partial charge in [0, 0.05) is 13.7 Å². The number of allylic oxidation sites excluding steroid dienone is 2. The zero-order chi connectivity index (χ0) is 22.1. The predicted molar refractivity (Wildman–Crippen MR) is 118 cm³/mol. The number of rotatable bonds is 6. The molecule has 1 aliphatic rings. The Morgan fingerprint density at radius 3 is 2.72 bits per heavy atom. The molecule has 32 heavy (non-hydrogen) atoms. The highest BCUT2D eigenvalue weighted by Gasteiger charge is 2.20. The van der Waals surface area contributed by atoms with Gasteiger partial charge in [0.2, 0.25) is 0 Å². The Morgan fingerprint density at radius 2 is 1.97 bits per heavy atom. The monoisotopic (exact) mass is 434 g/mol. The topological polar surface area (TPSA) is 87.2 Å². The molecule has 5 rings (SSSR count). The van der Waals surface area contributed by atoms with Crippen LogP contribution in [0.15, 0.2) is 47.0 Å². The summed E-state index contributed by atoms with van der Waals surface area (Å²) in [6.07, 6.45) is 9.31. The Labute approximate surface area is 183 Å². The lowest BCUT2D eigenvalue weighted by atomic mass is 9.97. The van der Waals surface area contributed by atoms with Gasteiger partial charge in [0.1, 0.15) is 12.1 Å². The molecule has 0 radical (unpaired) electrons. The van der Waals surface area contributed by atoms with Crippen LogP contribution in [0.2, 0.25) is 0 Å². The van der Waals surface area contributed by atoms with Crippen LogP contribution in [0.3, 0.4) is 0 Å². The lowest BCUT2D eigenvalue weighted by molar-refractivity contribution is 0.181. The average Bonchev–Trinajstić information content (AvgIpc) is 3.18. The van der Waals surface area contributed by atoms with Crippen molar-refractivity contribution in [3.05, 3.63) is 64.1 Å². The highest BCUT2D eigenvalue weighted by molar-refractivity contribution is 5.83. The number of ether oxygens (including phenoxy) is 1. The number of aromatic nitrogens is 6. The van der Waals surface area contributed by atoms with Gasteiger partial charge < -0.3 is 4.74 Å². The molecule has 0 atom stereocenters. The first-order valence-electron chi connectivity index (χ1n) is 10.7. The third-order valence-electron chi connectivity index (χ3n) is 5.85. The van der Waals surface area contributed by atoms with Crippen LogP contribution < -0.4 is 5.56 Å². The number of benzene rings is 1. The molecule has 0 fully saturated rings. The van der Waals surface area contributed by atoms with Gasteiger partial charge in [-0.1, -0.05) is 23.8 Å². The normalized spacial score (nSPS) is 14.2. The first kappa shape index (κ1) is 20.4. The second kappa shape index (κ2) is 8.58. The van der Waals surface area contributed by atoms with Gasteiger partial charge in [-0.2, -0.15) is 9.61 Å². The first-order chi connectivity index (χ1) is 15.7. The molecule has 0 amide bonds. The van der Waals surface area contributed by atoms with Crippen LogP contribution in [0.25, 0.3) is 27.9 Å². The smallest absolute Gasteiger partial charge is 0.283 e. The molecule has 0 bridgehead atoms. The van der Waals surface area contributed by atoms with Gasteiger partial charge in [0.25, 0.3) is 5.56 Å². The number of nitrogens with zero attached hydrogens (tertiary/aromatic N) is 6. The molecule has 0 N–H and O–H groups in total. The third-order valence-corrected chi connectivity index (χ3v) is 5.85. The third kappa shape index (κ3) is 3.69. The van der Waals surface area contributed by atoms with Crippen molar-refractivity contribution in [2.75, 3.05) is 7.11 Å². The number of methoxy groups -OCH3 is 1. The summed E-state index contributed by atoms with van der Waals surface area (Å²) in [6, 6.07) is 6.07. The van der Waals surface area contributed by atoms with Crippen molar-refractivity contribution < 1.29 is 9.13 Å². The van der Waals surface area contributed by atoms with E-state index in [-0.39, 0.29) is 23.5 Å². The molecule has 1 aromatic carbocycles. The summed E-state index contributed by atoms with van der Waals surface area (Å²) in [5.41, 5.74) is 4.10. The molecule has 3 aromatic heterocycles. The fourth-order valence-electron chi connectivity index (χ4n) is 4.21. The SMILES string of the molecule is COCc1nn2c(nnc3c(=O)n(CCC4=CCCCC4)cnc32)c1-c1ccc(F)cc1. The maximum absolute atomic E-state index is 13.4. The fourth-order valence-corrected chi connectivity index (χ4v) is 4.21. The maximum atomic E-state index is 13.4. The Bertz CT molecular complexity index is 1370. The second-order valence-electron chi connectivity index (χ2n) is 7.97. The van der Waals surface area contributed by atoms with E-state index in [0.29, 0.717) is 29.1 Å². The Kier molecular flexibility index (Phi) is 5.48. The van der Waals surface area contributed by atoms with Gasteiger partial charge in [-0.3, -0.25) is 9.36 Å². The fraction of sp³-hybridized carbons (Fsp3) is 0.348. The van der Waals surface area contributed by atoms with E-state index in [2.05, 4.69) is 26.4 Å². The standard InChI is InChI=1S/C23H23FN6O2/c1-32-13-18-19(16-7-9-17(24)10-8-16)21-27-26-20-22(30(21)28-18)25-14-29(23(20)31)12-11-15-5-3-2-4-6-15/h5,7-10,14H,2-4,6,11-13H2,1H3. The lowest BCUT2D eigenvalue weighted by Gasteiger charge is -2.13. The summed E-state index contributed by atoms with van der Waals surface area (Å²) >= 11 is 0. The zero-order valence-corrected chi connectivity index (χ0v) is 17.8. The summed E-state index contributed by atoms with van der Waals surface area (Å²) in [4.78, 5) is 17.6. The number of halogens is 1. The van der Waals surface area contributed by atoms with E-state index in [4.69, 9.17) is 4.74 Å². The van der Waals surface area contributed by atoms with Gasteiger partial charge >= 0.3 is 0 Å². The molecular formula is C23H23FN6O2. The second-order valence-corrected chi connectivity index (χ2v) is 7.97. The molecule has 0 saturated heterocycles. The van der Waals surface area contributed by atoms with E-state index in [1.807, 2.05) is 0 Å². The van der Waals surface area contributed by atoms with Gasteiger partial charge in [-0.15, -0.1) is 10.2 Å². The van der Waals surface area contributed by atoms with E-state index < -0.39 is 0 Å². The van der Waals surface area contributed by atoms with Crippen molar-refractivity contribution in [2.24, 2.45) is 0 Å². The minimum absolute atomic E-state index is 0.162. The first-order valence-corrected chi connectivity index (χ1v) is 10.7. The number of hydrogen-bond donors (Lipinski definition) is 0. The summed E-state index contributed by atoms with van der Waals surface area (Å²) in [5, 5.41) is 13.1. The summed E-state index contributed by atoms with van der Waals surface area (Å²) in [5.74, 6) is -0.332. The van der Waals surface area contributed by atoms with E-state index in [0.717, 1.165) is 24.8 Å². The number of fused-ring (bicyclic) bond motifs is 3. The van der Waals surface area contributed by atoms with E-state index in [9.17, 15) is 9.18 Å². The quantitative estimate of drug-likeness (QED) is 0.430. The summed E-state index contributed by atoms with van der Waals surface area (Å²) < 4.78 is 21.8. The minimum Gasteiger partial charge on any atom is -0.378 e. The Hall–Kier alpha value is -3.46. The molecule has 164 valence electrons. The summed E-state index contributed by atoms with van der Waals surface area (Å²) in [6.45, 7) is 0.784. The van der Waals surface area contributed by atoms with Crippen LogP contribution in [-0.2, 0) is 17.9 Å². The minimum atomic E-state index is -0.332. The van der Waals surface area contributed by atoms with Crippen LogP contribution >= 0.6 is 0 Å². The molecule has 0 unspecified atom stereocenters. The molecule has 1 aliphatic carbocycles. The van der Waals surface area contributed by atoms with Crippen LogP contribution in [0.1, 0.15) is 37.8 Å². The van der Waals surface area contributed by atoms with Crippen LogP contribution in [0.4, 0.5) is 4.39 Å². The maximum Gasteiger partial charge on any atom is 0.283 e. The van der Waals surface area contributed by atoms with Crippen molar-refractivity contribution in [1.82, 2.24) is 29.4 Å². The van der Waals surface area contributed by atoms with E-state index in [1.54, 1.807) is 30.1 Å². The largest absolute Gasteiger partial charge is 0.378 e. The molecule has 8 nitrogen and oxygen atoms in total. The van der Waals surface area contributed by atoms with Crippen molar-refractivity contribution in [3.63, 3.8) is 0 Å². The zero-order valence-electron chi connectivity index (χ0n) is 17.8. The van der Waals surface area contributed by atoms with Crippen LogP contribution in [0, 0.1) is 5.82 Å². The Morgan fingerprint density at radius 1 is 1.12 bits per heavy atom. The molecule has 4 aromatic rings. The van der Waals surface area contributed by atoms with Crippen molar-refractivity contribution >= 4 is 16.8 Å². The molecular weight excluding hydrogens is 411 g/mol. The number of hydrogen-bond acceptors (Lipinski definition) is 6.